The zero-order valence-electron chi connectivity index (χ0n) is 14.8. The standard InChI is InChI=1S/C20H24N2O2S/c1-13(2)14-5-7-15(8-6-14)19-21-17(12-25-19)20(23)24-18-11-22-9-3-4-16(18)10-22/h5-8,12-13,16,18H,3-4,9-11H2,1-2H3. The van der Waals surface area contributed by atoms with Crippen molar-refractivity contribution in [1.29, 1.82) is 0 Å². The van der Waals surface area contributed by atoms with Gasteiger partial charge in [-0.2, -0.15) is 0 Å². The molecular weight excluding hydrogens is 332 g/mol. The topological polar surface area (TPSA) is 42.4 Å². The Labute approximate surface area is 152 Å². The highest BCUT2D eigenvalue weighted by Crippen LogP contribution is 2.30. The monoisotopic (exact) mass is 356 g/mol. The summed E-state index contributed by atoms with van der Waals surface area (Å²) in [5, 5.41) is 2.69. The molecule has 2 bridgehead atoms. The first kappa shape index (κ1) is 16.7. The van der Waals surface area contributed by atoms with Crippen molar-refractivity contribution < 1.29 is 9.53 Å². The number of thiazole rings is 1. The Morgan fingerprint density at radius 2 is 2.08 bits per heavy atom. The van der Waals surface area contributed by atoms with Crippen LogP contribution in [0.25, 0.3) is 10.6 Å². The lowest BCUT2D eigenvalue weighted by Crippen LogP contribution is -2.26. The highest BCUT2D eigenvalue weighted by molar-refractivity contribution is 7.13. The van der Waals surface area contributed by atoms with Crippen molar-refractivity contribution in [2.24, 2.45) is 5.92 Å². The lowest BCUT2D eigenvalue weighted by molar-refractivity contribution is 0.0234. The van der Waals surface area contributed by atoms with Gasteiger partial charge in [0.05, 0.1) is 0 Å². The van der Waals surface area contributed by atoms with E-state index in [1.807, 2.05) is 5.38 Å². The van der Waals surface area contributed by atoms with E-state index < -0.39 is 0 Å². The van der Waals surface area contributed by atoms with Gasteiger partial charge in [-0.1, -0.05) is 38.1 Å². The Morgan fingerprint density at radius 1 is 1.28 bits per heavy atom. The normalized spacial score (nSPS) is 25.3. The van der Waals surface area contributed by atoms with E-state index in [2.05, 4.69) is 48.0 Å². The number of benzene rings is 1. The molecule has 2 aromatic rings. The van der Waals surface area contributed by atoms with E-state index in [1.54, 1.807) is 0 Å². The molecular formula is C20H24N2O2S. The van der Waals surface area contributed by atoms with Gasteiger partial charge in [-0.15, -0.1) is 11.3 Å². The molecule has 3 heterocycles. The van der Waals surface area contributed by atoms with Crippen molar-refractivity contribution in [3.63, 3.8) is 0 Å². The molecule has 5 heteroatoms. The predicted molar refractivity (Wildman–Crippen MR) is 100 cm³/mol. The second-order valence-corrected chi connectivity index (χ2v) is 8.28. The van der Waals surface area contributed by atoms with Crippen LogP contribution in [0.3, 0.4) is 0 Å². The summed E-state index contributed by atoms with van der Waals surface area (Å²) in [6.07, 6.45) is 2.41. The van der Waals surface area contributed by atoms with Gasteiger partial charge in [-0.05, 0) is 30.9 Å². The van der Waals surface area contributed by atoms with Crippen LogP contribution in [0, 0.1) is 5.92 Å². The Kier molecular flexibility index (Phi) is 4.61. The molecule has 0 aliphatic carbocycles. The van der Waals surface area contributed by atoms with Gasteiger partial charge in [0.15, 0.2) is 5.69 Å². The van der Waals surface area contributed by atoms with E-state index in [9.17, 15) is 4.79 Å². The van der Waals surface area contributed by atoms with Crippen molar-refractivity contribution in [2.45, 2.75) is 38.7 Å². The van der Waals surface area contributed by atoms with Crippen molar-refractivity contribution in [3.05, 3.63) is 40.9 Å². The second kappa shape index (κ2) is 6.89. The molecule has 2 aliphatic rings. The SMILES string of the molecule is CC(C)c1ccc(-c2nc(C(=O)OC3CN4CCCC3C4)cs2)cc1. The smallest absolute Gasteiger partial charge is 0.358 e. The number of rotatable bonds is 4. The number of fused-ring (bicyclic) bond motifs is 2. The molecule has 2 fully saturated rings. The van der Waals surface area contributed by atoms with Crippen molar-refractivity contribution in [3.8, 4) is 10.6 Å². The molecule has 3 atom stereocenters. The van der Waals surface area contributed by atoms with Crippen LogP contribution in [0.4, 0.5) is 0 Å². The molecule has 0 spiro atoms. The Hall–Kier alpha value is -1.72. The van der Waals surface area contributed by atoms with E-state index >= 15 is 0 Å². The zero-order chi connectivity index (χ0) is 17.4. The van der Waals surface area contributed by atoms with Crippen LogP contribution in [-0.2, 0) is 4.74 Å². The average molecular weight is 356 g/mol. The van der Waals surface area contributed by atoms with Crippen LogP contribution in [0.1, 0.15) is 48.7 Å². The van der Waals surface area contributed by atoms with Crippen molar-refractivity contribution >= 4 is 17.3 Å². The molecule has 4 nitrogen and oxygen atoms in total. The summed E-state index contributed by atoms with van der Waals surface area (Å²) >= 11 is 1.50. The highest BCUT2D eigenvalue weighted by Gasteiger charge is 2.38. The molecule has 4 rings (SSSR count). The summed E-state index contributed by atoms with van der Waals surface area (Å²) in [6.45, 7) is 7.45. The summed E-state index contributed by atoms with van der Waals surface area (Å²) < 4.78 is 5.77. The third-order valence-electron chi connectivity index (χ3n) is 5.30. The first-order valence-electron chi connectivity index (χ1n) is 9.09. The first-order valence-corrected chi connectivity index (χ1v) is 9.97. The molecule has 25 heavy (non-hydrogen) atoms. The van der Waals surface area contributed by atoms with Crippen molar-refractivity contribution in [1.82, 2.24) is 9.88 Å². The Balaban J connectivity index is 1.44. The third kappa shape index (κ3) is 3.48. The molecule has 0 radical (unpaired) electrons. The molecule has 1 aromatic heterocycles. The summed E-state index contributed by atoms with van der Waals surface area (Å²) in [6, 6.07) is 8.42. The van der Waals surface area contributed by atoms with Gasteiger partial charge in [-0.3, -0.25) is 4.90 Å². The zero-order valence-corrected chi connectivity index (χ0v) is 15.6. The van der Waals surface area contributed by atoms with Gasteiger partial charge in [0.1, 0.15) is 11.1 Å². The maximum absolute atomic E-state index is 12.5. The number of esters is 1. The molecule has 2 saturated heterocycles. The maximum Gasteiger partial charge on any atom is 0.358 e. The van der Waals surface area contributed by atoms with Crippen LogP contribution in [0.2, 0.25) is 0 Å². The highest BCUT2D eigenvalue weighted by atomic mass is 32.1. The van der Waals surface area contributed by atoms with Gasteiger partial charge in [0, 0.05) is 30.0 Å². The summed E-state index contributed by atoms with van der Waals surface area (Å²) in [5.74, 6) is 0.733. The molecule has 0 amide bonds. The fraction of sp³-hybridized carbons (Fsp3) is 0.500. The van der Waals surface area contributed by atoms with E-state index in [4.69, 9.17) is 4.74 Å². The van der Waals surface area contributed by atoms with E-state index in [1.165, 1.54) is 29.7 Å². The first-order chi connectivity index (χ1) is 12.1. The number of piperidine rings is 1. The van der Waals surface area contributed by atoms with Gasteiger partial charge in [0.2, 0.25) is 0 Å². The summed E-state index contributed by atoms with van der Waals surface area (Å²) in [4.78, 5) is 19.4. The Morgan fingerprint density at radius 3 is 2.80 bits per heavy atom. The van der Waals surface area contributed by atoms with Crippen LogP contribution in [0.15, 0.2) is 29.6 Å². The number of nitrogens with zero attached hydrogens (tertiary/aromatic N) is 2. The van der Waals surface area contributed by atoms with Crippen molar-refractivity contribution in [2.75, 3.05) is 19.6 Å². The minimum absolute atomic E-state index is 0.0328. The van der Waals surface area contributed by atoms with E-state index in [0.29, 0.717) is 17.5 Å². The van der Waals surface area contributed by atoms with Crippen LogP contribution >= 0.6 is 11.3 Å². The lowest BCUT2D eigenvalue weighted by atomic mass is 9.99. The molecule has 132 valence electrons. The fourth-order valence-corrected chi connectivity index (χ4v) is 4.60. The lowest BCUT2D eigenvalue weighted by Gasteiger charge is -2.21. The van der Waals surface area contributed by atoms with Gasteiger partial charge >= 0.3 is 5.97 Å². The quantitative estimate of drug-likeness (QED) is 0.771. The minimum atomic E-state index is -0.278. The molecule has 3 unspecified atom stereocenters. The number of hydrogen-bond donors (Lipinski definition) is 0. The second-order valence-electron chi connectivity index (χ2n) is 7.42. The number of aromatic nitrogens is 1. The number of carbonyl (C=O) groups excluding carboxylic acids is 1. The van der Waals surface area contributed by atoms with Gasteiger partial charge in [-0.25, -0.2) is 9.78 Å². The molecule has 1 aromatic carbocycles. The average Bonchev–Trinajstić information content (AvgIpc) is 3.20. The van der Waals surface area contributed by atoms with Gasteiger partial charge in [0.25, 0.3) is 0 Å². The number of hydrogen-bond acceptors (Lipinski definition) is 5. The summed E-state index contributed by atoms with van der Waals surface area (Å²) in [5.41, 5.74) is 2.79. The van der Waals surface area contributed by atoms with Crippen LogP contribution in [-0.4, -0.2) is 41.6 Å². The Bertz CT molecular complexity index is 753. The maximum atomic E-state index is 12.5. The molecule has 0 N–H and O–H groups in total. The number of ether oxygens (including phenoxy) is 1. The molecule has 0 saturated carbocycles. The van der Waals surface area contributed by atoms with Crippen LogP contribution in [0.5, 0.6) is 0 Å². The predicted octanol–water partition coefficient (Wildman–Crippen LogP) is 4.18. The third-order valence-corrected chi connectivity index (χ3v) is 6.19. The minimum Gasteiger partial charge on any atom is -0.456 e. The summed E-state index contributed by atoms with van der Waals surface area (Å²) in [7, 11) is 0. The number of carbonyl (C=O) groups is 1. The fourth-order valence-electron chi connectivity index (χ4n) is 3.81. The molecule has 2 aliphatic heterocycles. The van der Waals surface area contributed by atoms with E-state index in [0.717, 1.165) is 30.2 Å². The van der Waals surface area contributed by atoms with E-state index in [-0.39, 0.29) is 12.1 Å². The van der Waals surface area contributed by atoms with Crippen LogP contribution < -0.4 is 0 Å². The van der Waals surface area contributed by atoms with Gasteiger partial charge < -0.3 is 4.74 Å². The largest absolute Gasteiger partial charge is 0.456 e.